The van der Waals surface area contributed by atoms with Crippen molar-refractivity contribution in [2.24, 2.45) is 5.73 Å². The van der Waals surface area contributed by atoms with E-state index in [2.05, 4.69) is 4.90 Å². The second-order valence-electron chi connectivity index (χ2n) is 5.54. The van der Waals surface area contributed by atoms with E-state index in [1.54, 1.807) is 0 Å². The first-order chi connectivity index (χ1) is 8.02. The zero-order valence-electron chi connectivity index (χ0n) is 10.6. The summed E-state index contributed by atoms with van der Waals surface area (Å²) in [5.41, 5.74) is 5.79. The monoisotopic (exact) mass is 260 g/mol. The number of rotatable bonds is 3. The Balaban J connectivity index is 2.02. The van der Waals surface area contributed by atoms with Crippen molar-refractivity contribution < 1.29 is 8.42 Å². The summed E-state index contributed by atoms with van der Waals surface area (Å²) in [4.78, 5) is 2.47. The normalized spacial score (nSPS) is 36.2. The molecule has 17 heavy (non-hydrogen) atoms. The summed E-state index contributed by atoms with van der Waals surface area (Å²) in [5.74, 6) is 0. The molecule has 2 aliphatic rings. The van der Waals surface area contributed by atoms with Crippen LogP contribution in [0.25, 0.3) is 0 Å². The Morgan fingerprint density at radius 1 is 1.24 bits per heavy atom. The van der Waals surface area contributed by atoms with Gasteiger partial charge in [0.2, 0.25) is 0 Å². The lowest BCUT2D eigenvalue weighted by Gasteiger charge is -2.37. The molecule has 0 aromatic rings. The van der Waals surface area contributed by atoms with Gasteiger partial charge in [-0.25, -0.2) is 8.42 Å². The average molecular weight is 260 g/mol. The van der Waals surface area contributed by atoms with Crippen LogP contribution >= 0.6 is 0 Å². The molecule has 1 heterocycles. The molecule has 0 spiro atoms. The summed E-state index contributed by atoms with van der Waals surface area (Å²) in [7, 11) is -2.87. The molecule has 0 radical (unpaired) electrons. The van der Waals surface area contributed by atoms with Crippen molar-refractivity contribution in [3.05, 3.63) is 0 Å². The molecule has 4 nitrogen and oxygen atoms in total. The molecule has 0 amide bonds. The largest absolute Gasteiger partial charge is 0.329 e. The van der Waals surface area contributed by atoms with E-state index in [9.17, 15) is 8.42 Å². The smallest absolute Gasteiger partial charge is 0.150 e. The molecular formula is C12H24N2O2S. The quantitative estimate of drug-likeness (QED) is 0.814. The fourth-order valence-corrected chi connectivity index (χ4v) is 4.57. The average Bonchev–Trinajstić information content (AvgIpc) is 2.76. The minimum absolute atomic E-state index is 0.125. The van der Waals surface area contributed by atoms with Gasteiger partial charge in [0.15, 0.2) is 0 Å². The van der Waals surface area contributed by atoms with Crippen LogP contribution < -0.4 is 5.73 Å². The Morgan fingerprint density at radius 3 is 2.65 bits per heavy atom. The van der Waals surface area contributed by atoms with Gasteiger partial charge in [-0.2, -0.15) is 0 Å². The summed E-state index contributed by atoms with van der Waals surface area (Å²) in [6, 6.07) is 0.929. The summed E-state index contributed by atoms with van der Waals surface area (Å²) in [6.07, 6.45) is 7.60. The summed E-state index contributed by atoms with van der Waals surface area (Å²) >= 11 is 0. The maximum atomic E-state index is 11.7. The molecule has 3 unspecified atom stereocenters. The van der Waals surface area contributed by atoms with Gasteiger partial charge >= 0.3 is 0 Å². The Morgan fingerprint density at radius 2 is 2.00 bits per heavy atom. The summed E-state index contributed by atoms with van der Waals surface area (Å²) < 4.78 is 23.3. The van der Waals surface area contributed by atoms with Gasteiger partial charge in [0.1, 0.15) is 9.84 Å². The van der Waals surface area contributed by atoms with Gasteiger partial charge in [-0.05, 0) is 38.6 Å². The molecule has 1 saturated carbocycles. The van der Waals surface area contributed by atoms with Crippen molar-refractivity contribution in [1.82, 2.24) is 4.90 Å². The lowest BCUT2D eigenvalue weighted by molar-refractivity contribution is 0.146. The molecule has 1 aliphatic carbocycles. The number of sulfone groups is 1. The summed E-state index contributed by atoms with van der Waals surface area (Å²) in [6.45, 7) is 1.81. The van der Waals surface area contributed by atoms with E-state index in [0.29, 0.717) is 18.6 Å². The van der Waals surface area contributed by atoms with E-state index in [1.165, 1.54) is 19.1 Å². The first kappa shape index (κ1) is 13.3. The highest BCUT2D eigenvalue weighted by Crippen LogP contribution is 2.31. The first-order valence-corrected chi connectivity index (χ1v) is 8.62. The van der Waals surface area contributed by atoms with Gasteiger partial charge < -0.3 is 5.73 Å². The van der Waals surface area contributed by atoms with Crippen LogP contribution in [0.1, 0.15) is 38.5 Å². The van der Waals surface area contributed by atoms with Crippen LogP contribution in [0.2, 0.25) is 0 Å². The molecule has 100 valence electrons. The van der Waals surface area contributed by atoms with E-state index in [0.717, 1.165) is 32.2 Å². The van der Waals surface area contributed by atoms with Crippen molar-refractivity contribution in [2.45, 2.75) is 55.9 Å². The molecule has 1 aliphatic heterocycles. The van der Waals surface area contributed by atoms with E-state index in [4.69, 9.17) is 5.73 Å². The van der Waals surface area contributed by atoms with E-state index in [1.807, 2.05) is 0 Å². The lowest BCUT2D eigenvalue weighted by Crippen LogP contribution is -2.46. The van der Waals surface area contributed by atoms with Crippen LogP contribution in [0.5, 0.6) is 0 Å². The Kier molecular flexibility index (Phi) is 4.10. The topological polar surface area (TPSA) is 63.4 Å². The predicted molar refractivity (Wildman–Crippen MR) is 69.7 cm³/mol. The summed E-state index contributed by atoms with van der Waals surface area (Å²) in [5, 5.41) is -0.125. The third-order valence-corrected chi connectivity index (χ3v) is 6.01. The van der Waals surface area contributed by atoms with Gasteiger partial charge in [-0.3, -0.25) is 4.90 Å². The van der Waals surface area contributed by atoms with Gasteiger partial charge in [-0.1, -0.05) is 6.42 Å². The number of nitrogens with zero attached hydrogens (tertiary/aromatic N) is 1. The minimum Gasteiger partial charge on any atom is -0.329 e. The lowest BCUT2D eigenvalue weighted by atomic mass is 9.93. The van der Waals surface area contributed by atoms with Crippen molar-refractivity contribution in [2.75, 3.05) is 19.3 Å². The predicted octanol–water partition coefficient (Wildman–Crippen LogP) is 0.765. The van der Waals surface area contributed by atoms with Crippen molar-refractivity contribution in [1.29, 1.82) is 0 Å². The maximum absolute atomic E-state index is 11.7. The highest BCUT2D eigenvalue weighted by molar-refractivity contribution is 7.91. The van der Waals surface area contributed by atoms with Crippen molar-refractivity contribution >= 4 is 9.84 Å². The number of hydrogen-bond donors (Lipinski definition) is 1. The second-order valence-corrected chi connectivity index (χ2v) is 7.87. The highest BCUT2D eigenvalue weighted by Gasteiger charge is 2.35. The van der Waals surface area contributed by atoms with Gasteiger partial charge in [-0.15, -0.1) is 0 Å². The number of nitrogens with two attached hydrogens (primary N) is 1. The first-order valence-electron chi connectivity index (χ1n) is 6.67. The van der Waals surface area contributed by atoms with E-state index in [-0.39, 0.29) is 5.25 Å². The van der Waals surface area contributed by atoms with E-state index >= 15 is 0 Å². The number of likely N-dealkylation sites (tertiary alicyclic amines) is 1. The second kappa shape index (κ2) is 5.24. The zero-order valence-corrected chi connectivity index (χ0v) is 11.5. The van der Waals surface area contributed by atoms with Crippen LogP contribution in [0.15, 0.2) is 0 Å². The molecule has 2 rings (SSSR count). The molecule has 1 saturated heterocycles. The highest BCUT2D eigenvalue weighted by atomic mass is 32.2. The van der Waals surface area contributed by atoms with Crippen LogP contribution in [-0.4, -0.2) is 50.0 Å². The fraction of sp³-hybridized carbons (Fsp3) is 1.00. The van der Waals surface area contributed by atoms with E-state index < -0.39 is 9.84 Å². The minimum atomic E-state index is -2.87. The van der Waals surface area contributed by atoms with Crippen LogP contribution in [0.4, 0.5) is 0 Å². The van der Waals surface area contributed by atoms with Gasteiger partial charge in [0, 0.05) is 24.9 Å². The molecule has 5 heteroatoms. The fourth-order valence-electron chi connectivity index (χ4n) is 3.40. The standard InChI is InChI=1S/C12H24N2O2S/c1-17(15,16)12-6-2-4-10(8-12)14-7-3-5-11(14)9-13/h10-12H,2-9,13H2,1H3. The SMILES string of the molecule is CS(=O)(=O)C1CCCC(N2CCCC2CN)C1. The Labute approximate surface area is 104 Å². The molecule has 0 aromatic heterocycles. The third-order valence-electron chi connectivity index (χ3n) is 4.37. The molecule has 0 aromatic carbocycles. The van der Waals surface area contributed by atoms with Crippen molar-refractivity contribution in [3.8, 4) is 0 Å². The number of hydrogen-bond acceptors (Lipinski definition) is 4. The van der Waals surface area contributed by atoms with Gasteiger partial charge in [0.05, 0.1) is 5.25 Å². The third kappa shape index (κ3) is 3.01. The molecule has 2 fully saturated rings. The molecule has 0 bridgehead atoms. The molecule has 2 N–H and O–H groups in total. The van der Waals surface area contributed by atoms with Crippen molar-refractivity contribution in [3.63, 3.8) is 0 Å². The van der Waals surface area contributed by atoms with Crippen LogP contribution in [-0.2, 0) is 9.84 Å². The van der Waals surface area contributed by atoms with Crippen LogP contribution in [0, 0.1) is 0 Å². The Bertz CT molecular complexity index is 356. The van der Waals surface area contributed by atoms with Crippen LogP contribution in [0.3, 0.4) is 0 Å². The zero-order chi connectivity index (χ0) is 12.5. The maximum Gasteiger partial charge on any atom is 0.150 e. The molecule has 3 atom stereocenters. The van der Waals surface area contributed by atoms with Gasteiger partial charge in [0.25, 0.3) is 0 Å². The Hall–Kier alpha value is -0.130. The molecular weight excluding hydrogens is 236 g/mol.